The van der Waals surface area contributed by atoms with Crippen LogP contribution in [0.2, 0.25) is 5.04 Å². The second-order valence-electron chi connectivity index (χ2n) is 13.9. The van der Waals surface area contributed by atoms with E-state index in [0.717, 1.165) is 21.5 Å². The number of carbonyl (C=O) groups is 2. The van der Waals surface area contributed by atoms with Crippen molar-refractivity contribution >= 4 is 40.7 Å². The van der Waals surface area contributed by atoms with E-state index in [0.29, 0.717) is 0 Å². The van der Waals surface area contributed by atoms with Gasteiger partial charge in [0.1, 0.15) is 18.3 Å². The van der Waals surface area contributed by atoms with Gasteiger partial charge in [0, 0.05) is 13.8 Å². The normalized spacial score (nSPS) is 20.7. The molecule has 0 amide bonds. The molecule has 10 nitrogen and oxygen atoms in total. The van der Waals surface area contributed by atoms with E-state index in [2.05, 4.69) is 20.8 Å². The molecule has 4 aromatic rings. The summed E-state index contributed by atoms with van der Waals surface area (Å²) < 4.78 is 65.1. The van der Waals surface area contributed by atoms with E-state index in [1.807, 2.05) is 97.9 Å². The SMILES string of the molecule is CC(=O)O[C@@H]1O[C@@](CO[Si](c2ccccc2)(c2ccccc2)C(C)(C)C)(COS(=O)(=O)c2ccc(C)cc2)C(OCc2ccccc2)[C@@H]1OC(C)=O. The lowest BCUT2D eigenvalue weighted by atomic mass is 9.96. The molecular formula is C40H46O10SSi. The first kappa shape index (κ1) is 39.0. The summed E-state index contributed by atoms with van der Waals surface area (Å²) in [6.07, 6.45) is -4.01. The molecule has 0 radical (unpaired) electrons. The van der Waals surface area contributed by atoms with Crippen molar-refractivity contribution in [1.82, 2.24) is 0 Å². The fraction of sp³-hybridized carbons (Fsp3) is 0.350. The number of ether oxygens (including phenoxy) is 4. The topological polar surface area (TPSA) is 124 Å². The van der Waals surface area contributed by atoms with Crippen LogP contribution in [0.25, 0.3) is 0 Å². The molecule has 0 aromatic heterocycles. The zero-order valence-electron chi connectivity index (χ0n) is 30.3. The zero-order chi connectivity index (χ0) is 37.6. The highest BCUT2D eigenvalue weighted by molar-refractivity contribution is 7.86. The zero-order valence-corrected chi connectivity index (χ0v) is 32.1. The largest absolute Gasteiger partial charge is 0.453 e. The van der Waals surface area contributed by atoms with Crippen LogP contribution in [0.1, 0.15) is 45.7 Å². The number of esters is 2. The van der Waals surface area contributed by atoms with Crippen LogP contribution in [0.4, 0.5) is 0 Å². The Kier molecular flexibility index (Phi) is 12.2. The average molecular weight is 747 g/mol. The summed E-state index contributed by atoms with van der Waals surface area (Å²) in [5, 5.41) is 1.45. The maximum atomic E-state index is 13.7. The quantitative estimate of drug-likeness (QED) is 0.0935. The molecule has 5 rings (SSSR count). The highest BCUT2D eigenvalue weighted by atomic mass is 32.2. The molecule has 0 aliphatic carbocycles. The molecule has 4 atom stereocenters. The fourth-order valence-corrected chi connectivity index (χ4v) is 12.2. The third-order valence-electron chi connectivity index (χ3n) is 9.01. The van der Waals surface area contributed by atoms with Gasteiger partial charge in [0.2, 0.25) is 6.29 Å². The van der Waals surface area contributed by atoms with E-state index >= 15 is 0 Å². The minimum absolute atomic E-state index is 0.0189. The molecule has 1 aliphatic rings. The smallest absolute Gasteiger partial charge is 0.305 e. The highest BCUT2D eigenvalue weighted by Gasteiger charge is 2.62. The van der Waals surface area contributed by atoms with Crippen LogP contribution in [0, 0.1) is 6.92 Å². The molecule has 52 heavy (non-hydrogen) atoms. The average Bonchev–Trinajstić information content (AvgIpc) is 3.38. The van der Waals surface area contributed by atoms with E-state index in [9.17, 15) is 18.0 Å². The predicted molar refractivity (Wildman–Crippen MR) is 198 cm³/mol. The number of benzene rings is 4. The van der Waals surface area contributed by atoms with E-state index in [4.69, 9.17) is 27.6 Å². The van der Waals surface area contributed by atoms with Crippen LogP contribution in [-0.4, -0.2) is 66.0 Å². The van der Waals surface area contributed by atoms with Crippen LogP contribution in [0.5, 0.6) is 0 Å². The Balaban J connectivity index is 1.67. The lowest BCUT2D eigenvalue weighted by Crippen LogP contribution is -2.68. The fourth-order valence-electron chi connectivity index (χ4n) is 6.59. The molecule has 0 N–H and O–H groups in total. The van der Waals surface area contributed by atoms with Gasteiger partial charge in [-0.3, -0.25) is 13.8 Å². The summed E-state index contributed by atoms with van der Waals surface area (Å²) >= 11 is 0. The van der Waals surface area contributed by atoms with Gasteiger partial charge in [-0.1, -0.05) is 129 Å². The molecule has 0 spiro atoms. The number of carbonyl (C=O) groups excluding carboxylic acids is 2. The van der Waals surface area contributed by atoms with Crippen LogP contribution in [-0.2, 0) is 53.9 Å². The van der Waals surface area contributed by atoms with Gasteiger partial charge in [-0.2, -0.15) is 8.42 Å². The Morgan fingerprint density at radius 2 is 1.27 bits per heavy atom. The first-order valence-electron chi connectivity index (χ1n) is 17.1. The van der Waals surface area contributed by atoms with Crippen molar-refractivity contribution < 1.29 is 45.6 Å². The van der Waals surface area contributed by atoms with E-state index in [1.54, 1.807) is 12.1 Å². The molecule has 276 valence electrons. The molecule has 4 aromatic carbocycles. The summed E-state index contributed by atoms with van der Waals surface area (Å²) in [7, 11) is -7.65. The molecular weight excluding hydrogens is 701 g/mol. The predicted octanol–water partition coefficient (Wildman–Crippen LogP) is 5.45. The van der Waals surface area contributed by atoms with Gasteiger partial charge in [-0.25, -0.2) is 0 Å². The molecule has 0 saturated carbocycles. The number of rotatable bonds is 14. The van der Waals surface area contributed by atoms with Crippen LogP contribution in [0.3, 0.4) is 0 Å². The van der Waals surface area contributed by atoms with Gasteiger partial charge in [0.15, 0.2) is 6.10 Å². The summed E-state index contributed by atoms with van der Waals surface area (Å²) in [6, 6.07) is 35.3. The Labute approximate surface area is 307 Å². The van der Waals surface area contributed by atoms with Crippen molar-refractivity contribution in [3.63, 3.8) is 0 Å². The van der Waals surface area contributed by atoms with Gasteiger partial charge in [-0.15, -0.1) is 0 Å². The summed E-state index contributed by atoms with van der Waals surface area (Å²) in [6.45, 7) is 9.67. The Bertz CT molecular complexity index is 1860. The molecule has 12 heteroatoms. The first-order valence-corrected chi connectivity index (χ1v) is 20.4. The molecule has 1 aliphatic heterocycles. The Hall–Kier alpha value is -4.17. The van der Waals surface area contributed by atoms with E-state index in [-0.39, 0.29) is 18.1 Å². The molecule has 1 fully saturated rings. The number of hydrogen-bond donors (Lipinski definition) is 0. The summed E-state index contributed by atoms with van der Waals surface area (Å²) in [5.74, 6) is -1.39. The number of hydrogen-bond acceptors (Lipinski definition) is 10. The van der Waals surface area contributed by atoms with Crippen molar-refractivity contribution in [3.05, 3.63) is 126 Å². The molecule has 1 heterocycles. The maximum absolute atomic E-state index is 13.7. The van der Waals surface area contributed by atoms with Crippen LogP contribution in [0.15, 0.2) is 120 Å². The van der Waals surface area contributed by atoms with Crippen LogP contribution < -0.4 is 10.4 Å². The van der Waals surface area contributed by atoms with Crippen LogP contribution >= 0.6 is 0 Å². The van der Waals surface area contributed by atoms with Crippen molar-refractivity contribution in [1.29, 1.82) is 0 Å². The van der Waals surface area contributed by atoms with E-state index in [1.165, 1.54) is 26.0 Å². The standard InChI is InChI=1S/C40H46O10SSi/c1-29-22-24-33(25-23-29)51(43,44)46-27-40(28-47-52(39(4,5)6,34-18-12-8-13-19-34)35-20-14-9-15-21-35)37(45-26-32-16-10-7-11-17-32)36(48-30(2)41)38(50-40)49-31(3)42/h7-25,36-38H,26-28H2,1-6H3/t36-,37?,38+,40+/m0/s1. The third kappa shape index (κ3) is 8.71. The third-order valence-corrected chi connectivity index (χ3v) is 15.3. The maximum Gasteiger partial charge on any atom is 0.305 e. The first-order chi connectivity index (χ1) is 24.7. The van der Waals surface area contributed by atoms with Crippen molar-refractivity contribution in [2.75, 3.05) is 13.2 Å². The minimum atomic E-state index is -4.36. The second-order valence-corrected chi connectivity index (χ2v) is 19.9. The van der Waals surface area contributed by atoms with Gasteiger partial charge in [0.25, 0.3) is 18.4 Å². The van der Waals surface area contributed by atoms with Crippen molar-refractivity contribution in [3.8, 4) is 0 Å². The summed E-state index contributed by atoms with van der Waals surface area (Å²) in [4.78, 5) is 25.0. The second kappa shape index (κ2) is 16.2. The van der Waals surface area contributed by atoms with Crippen molar-refractivity contribution in [2.45, 2.75) is 82.2 Å². The van der Waals surface area contributed by atoms with E-state index < -0.39 is 66.1 Å². The summed E-state index contributed by atoms with van der Waals surface area (Å²) in [5.41, 5.74) is -0.133. The lowest BCUT2D eigenvalue weighted by molar-refractivity contribution is -0.212. The lowest BCUT2D eigenvalue weighted by Gasteiger charge is -2.45. The highest BCUT2D eigenvalue weighted by Crippen LogP contribution is 2.42. The molecule has 1 saturated heterocycles. The van der Waals surface area contributed by atoms with Gasteiger partial charge in [0.05, 0.1) is 18.1 Å². The van der Waals surface area contributed by atoms with Gasteiger partial charge >= 0.3 is 11.9 Å². The molecule has 1 unspecified atom stereocenters. The van der Waals surface area contributed by atoms with Gasteiger partial charge < -0.3 is 23.4 Å². The monoisotopic (exact) mass is 746 g/mol. The number of aryl methyl sites for hydroxylation is 1. The Morgan fingerprint density at radius 3 is 1.77 bits per heavy atom. The van der Waals surface area contributed by atoms with Crippen molar-refractivity contribution in [2.24, 2.45) is 0 Å². The minimum Gasteiger partial charge on any atom is -0.453 e. The van der Waals surface area contributed by atoms with Gasteiger partial charge in [-0.05, 0) is 40.0 Å². The Morgan fingerprint density at radius 1 is 0.750 bits per heavy atom. The molecule has 0 bridgehead atoms.